The van der Waals surface area contributed by atoms with Gasteiger partial charge in [0.25, 0.3) is 22.2 Å². The maximum Gasteiger partial charge on any atom is 0.261 e. The van der Waals surface area contributed by atoms with Gasteiger partial charge in [0.2, 0.25) is 0 Å². The molecule has 6 aromatic carbocycles. The summed E-state index contributed by atoms with van der Waals surface area (Å²) in [6, 6.07) is 14.5. The molecule has 0 saturated carbocycles. The van der Waals surface area contributed by atoms with Crippen LogP contribution in [0.25, 0.3) is 94.9 Å². The van der Waals surface area contributed by atoms with E-state index in [-0.39, 0.29) is 34.3 Å². The molecule has 0 saturated heterocycles. The fourth-order valence-corrected chi connectivity index (χ4v) is 17.8. The normalized spacial score (nSPS) is 12.7. The number of pyridine rings is 2. The number of fused-ring (bicyclic) bond motifs is 6. The van der Waals surface area contributed by atoms with Crippen LogP contribution >= 0.6 is 22.7 Å². The number of thiophene rings is 2. The van der Waals surface area contributed by atoms with Gasteiger partial charge in [-0.25, -0.2) is 0 Å². The van der Waals surface area contributed by atoms with Crippen molar-refractivity contribution in [2.75, 3.05) is 0 Å². The number of benzene rings is 6. The van der Waals surface area contributed by atoms with Crippen LogP contribution in [0.1, 0.15) is 297 Å². The predicted molar refractivity (Wildman–Crippen MR) is 371 cm³/mol. The van der Waals surface area contributed by atoms with Gasteiger partial charge in [-0.05, 0) is 93.7 Å². The van der Waals surface area contributed by atoms with Gasteiger partial charge in [-0.2, -0.15) is 0 Å². The maximum atomic E-state index is 15.7. The van der Waals surface area contributed by atoms with E-state index in [4.69, 9.17) is 0 Å². The Morgan fingerprint density at radius 3 is 0.964 bits per heavy atom. The van der Waals surface area contributed by atoms with E-state index < -0.39 is 0 Å². The third-order valence-corrected chi connectivity index (χ3v) is 22.3. The molecule has 6 nitrogen and oxygen atoms in total. The molecule has 0 atom stereocenters. The van der Waals surface area contributed by atoms with Gasteiger partial charge < -0.3 is 0 Å². The molecular weight excluding hydrogens is 1070 g/mol. The minimum Gasteiger partial charge on any atom is -0.271 e. The smallest absolute Gasteiger partial charge is 0.261 e. The molecule has 452 valence electrons. The molecule has 0 aliphatic carbocycles. The van der Waals surface area contributed by atoms with E-state index in [1.54, 1.807) is 31.8 Å². The number of aromatic nitrogens is 2. The van der Waals surface area contributed by atoms with E-state index in [2.05, 4.69) is 63.4 Å². The number of unbranched alkanes of at least 4 members (excludes halogenated alkanes) is 32. The van der Waals surface area contributed by atoms with Crippen LogP contribution < -0.4 is 22.2 Å². The molecule has 0 aliphatic heterocycles. The van der Waals surface area contributed by atoms with Crippen molar-refractivity contribution in [3.63, 3.8) is 0 Å². The van der Waals surface area contributed by atoms with Crippen molar-refractivity contribution in [2.24, 2.45) is 0 Å². The molecule has 4 heterocycles. The molecular formula is C76H102N2O4S2. The highest BCUT2D eigenvalue weighted by atomic mass is 32.1. The van der Waals surface area contributed by atoms with Crippen molar-refractivity contribution in [1.82, 2.24) is 9.13 Å². The highest BCUT2D eigenvalue weighted by Crippen LogP contribution is 2.54. The zero-order chi connectivity index (χ0) is 58.4. The lowest BCUT2D eigenvalue weighted by molar-refractivity contribution is 0.381. The van der Waals surface area contributed by atoms with E-state index in [1.807, 2.05) is 12.1 Å². The summed E-state index contributed by atoms with van der Waals surface area (Å²) in [4.78, 5) is 62.3. The van der Waals surface area contributed by atoms with Crippen LogP contribution in [0, 0.1) is 0 Å². The second-order valence-corrected chi connectivity index (χ2v) is 28.1. The van der Waals surface area contributed by atoms with Crippen molar-refractivity contribution in [1.29, 1.82) is 0 Å². The summed E-state index contributed by atoms with van der Waals surface area (Å²) in [5.41, 5.74) is -0.617. The van der Waals surface area contributed by atoms with E-state index in [0.29, 0.717) is 21.5 Å². The second-order valence-electron chi connectivity index (χ2n) is 26.2. The van der Waals surface area contributed by atoms with Gasteiger partial charge in [-0.1, -0.05) is 271 Å². The third-order valence-electron chi connectivity index (χ3n) is 20.0. The highest BCUT2D eigenvalue weighted by molar-refractivity contribution is 7.33. The summed E-state index contributed by atoms with van der Waals surface area (Å²) < 4.78 is 6.96. The Bertz CT molecular complexity index is 3850. The van der Waals surface area contributed by atoms with Crippen LogP contribution in [0.15, 0.2) is 67.0 Å². The first-order valence-electron chi connectivity index (χ1n) is 34.9. The summed E-state index contributed by atoms with van der Waals surface area (Å²) in [7, 11) is 0. The van der Waals surface area contributed by atoms with Gasteiger partial charge >= 0.3 is 0 Å². The van der Waals surface area contributed by atoms with Gasteiger partial charge in [0.05, 0.1) is 4.70 Å². The van der Waals surface area contributed by atoms with Gasteiger partial charge in [0.15, 0.2) is 0 Å². The van der Waals surface area contributed by atoms with Gasteiger partial charge in [0, 0.05) is 70.0 Å². The molecule has 4 aromatic heterocycles. The van der Waals surface area contributed by atoms with Crippen LogP contribution in [0.4, 0.5) is 0 Å². The van der Waals surface area contributed by atoms with Gasteiger partial charge in [-0.15, -0.1) is 22.7 Å². The Kier molecular flexibility index (Phi) is 22.9. The lowest BCUT2D eigenvalue weighted by atomic mass is 9.82. The quantitative estimate of drug-likeness (QED) is 0.0217. The van der Waals surface area contributed by atoms with E-state index in [1.165, 1.54) is 189 Å². The zero-order valence-electron chi connectivity index (χ0n) is 52.4. The minimum atomic E-state index is -0.157. The third kappa shape index (κ3) is 13.4. The Morgan fingerprint density at radius 2 is 0.595 bits per heavy atom. The number of rotatable bonds is 42. The Morgan fingerprint density at radius 1 is 0.298 bits per heavy atom. The molecule has 0 amide bonds. The second kappa shape index (κ2) is 30.8. The fraction of sp³-hybridized carbons (Fsp3) is 0.605. The topological polar surface area (TPSA) is 78.1 Å². The Labute approximate surface area is 509 Å². The average Bonchev–Trinajstić information content (AvgIpc) is 0.975. The lowest BCUT2D eigenvalue weighted by Crippen LogP contribution is -2.37. The SMILES string of the molecule is CCCCCCCCCCCC(CCCCCCCCCCC)n1c(=O)c2ccc3c4ccc5c(=O)n(C(CCCCCCCCCCC)CCCCCCCCCCC)c(=O)c6cc7c8c9sccc9sc8c8cc(c1=O)c2c3c8c7c4c56. The number of hydrogen-bond acceptors (Lipinski definition) is 6. The first-order valence-corrected chi connectivity index (χ1v) is 36.6. The summed E-state index contributed by atoms with van der Waals surface area (Å²) in [5.74, 6) is 0. The predicted octanol–water partition coefficient (Wildman–Crippen LogP) is 23.7. The molecule has 84 heavy (non-hydrogen) atoms. The molecule has 0 unspecified atom stereocenters. The molecule has 0 spiro atoms. The summed E-state index contributed by atoms with van der Waals surface area (Å²) >= 11 is 3.53. The fourth-order valence-electron chi connectivity index (χ4n) is 15.4. The summed E-state index contributed by atoms with van der Waals surface area (Å²) in [6.45, 7) is 9.10. The van der Waals surface area contributed by atoms with Crippen molar-refractivity contribution >= 4 is 118 Å². The molecule has 0 fully saturated rings. The Balaban J connectivity index is 1.06. The maximum absolute atomic E-state index is 15.7. The zero-order valence-corrected chi connectivity index (χ0v) is 54.0. The molecule has 10 aromatic rings. The molecule has 10 rings (SSSR count). The largest absolute Gasteiger partial charge is 0.271 e. The Hall–Kier alpha value is -4.66. The minimum absolute atomic E-state index is 0.151. The van der Waals surface area contributed by atoms with E-state index >= 15 is 19.2 Å². The lowest BCUT2D eigenvalue weighted by Gasteiger charge is -2.25. The van der Waals surface area contributed by atoms with Gasteiger partial charge in [0.1, 0.15) is 0 Å². The van der Waals surface area contributed by atoms with Crippen LogP contribution in [0.3, 0.4) is 0 Å². The molecule has 8 heteroatoms. The molecule has 0 radical (unpaired) electrons. The summed E-state index contributed by atoms with van der Waals surface area (Å²) in [6.07, 6.45) is 47.9. The monoisotopic (exact) mass is 1170 g/mol. The van der Waals surface area contributed by atoms with Crippen LogP contribution in [0.5, 0.6) is 0 Å². The number of hydrogen-bond donors (Lipinski definition) is 0. The first kappa shape index (κ1) is 62.4. The number of nitrogens with zero attached hydrogens (tertiary/aromatic N) is 2. The standard InChI is InChI=1S/C76H102N2O4S2/c1-5-9-13-17-21-25-29-33-37-41-53(42-38-34-30-26-22-18-14-10-6-2)77-73(79)57-47-45-55-56-46-48-58-65-62(52-60-69(67(56)65)68-59(51-61(75(77)81)64(57)66(55)68)70-71(60)84-63-49-50-83-72(63)70)76(82)78(74(58)80)54(43-39-35-31-27-23-19-15-11-7-3)44-40-36-32-28-24-20-16-12-8-4/h45-54H,5-44H2,1-4H3. The van der Waals surface area contributed by atoms with Crippen molar-refractivity contribution in [3.8, 4) is 0 Å². The van der Waals surface area contributed by atoms with Crippen LogP contribution in [-0.2, 0) is 0 Å². The van der Waals surface area contributed by atoms with Crippen molar-refractivity contribution < 1.29 is 0 Å². The highest BCUT2D eigenvalue weighted by Gasteiger charge is 2.30. The van der Waals surface area contributed by atoms with E-state index in [0.717, 1.165) is 141 Å². The molecule has 0 bridgehead atoms. The summed E-state index contributed by atoms with van der Waals surface area (Å²) in [5, 5.41) is 15.4. The average molecular weight is 1170 g/mol. The van der Waals surface area contributed by atoms with Crippen LogP contribution in [0.2, 0.25) is 0 Å². The van der Waals surface area contributed by atoms with Gasteiger partial charge in [-0.3, -0.25) is 28.3 Å². The molecule has 0 N–H and O–H groups in total. The first-order chi connectivity index (χ1) is 41.3. The van der Waals surface area contributed by atoms with Crippen LogP contribution in [-0.4, -0.2) is 9.13 Å². The molecule has 0 aliphatic rings. The van der Waals surface area contributed by atoms with Crippen molar-refractivity contribution in [3.05, 3.63) is 89.3 Å². The van der Waals surface area contributed by atoms with E-state index in [9.17, 15) is 0 Å². The van der Waals surface area contributed by atoms with Crippen molar-refractivity contribution in [2.45, 2.75) is 297 Å².